The van der Waals surface area contributed by atoms with Gasteiger partial charge in [0, 0.05) is 36.6 Å². The first-order valence-electron chi connectivity index (χ1n) is 7.55. The summed E-state index contributed by atoms with van der Waals surface area (Å²) in [5.41, 5.74) is 6.95. The summed E-state index contributed by atoms with van der Waals surface area (Å²) in [6.45, 7) is 1.80. The molecule has 0 aliphatic carbocycles. The summed E-state index contributed by atoms with van der Waals surface area (Å²) in [7, 11) is 0. The summed E-state index contributed by atoms with van der Waals surface area (Å²) in [6.07, 6.45) is 3.65. The highest BCUT2D eigenvalue weighted by Gasteiger charge is 2.21. The lowest BCUT2D eigenvalue weighted by Gasteiger charge is -2.33. The van der Waals surface area contributed by atoms with Gasteiger partial charge in [0.15, 0.2) is 0 Å². The number of hydrogen-bond acceptors (Lipinski definition) is 4. The Morgan fingerprint density at radius 2 is 2.00 bits per heavy atom. The third-order valence-corrected chi connectivity index (χ3v) is 3.95. The summed E-state index contributed by atoms with van der Waals surface area (Å²) in [4.78, 5) is 18.8. The van der Waals surface area contributed by atoms with Crippen LogP contribution in [0.3, 0.4) is 0 Å². The second kappa shape index (κ2) is 6.47. The fourth-order valence-electron chi connectivity index (χ4n) is 2.74. The van der Waals surface area contributed by atoms with Crippen molar-refractivity contribution in [2.24, 2.45) is 0 Å². The quantitative estimate of drug-likeness (QED) is 0.851. The topological polar surface area (TPSA) is 71.2 Å². The molecular weight excluding hydrogens is 276 g/mol. The Morgan fingerprint density at radius 1 is 1.18 bits per heavy atom. The van der Waals surface area contributed by atoms with Crippen LogP contribution in [-0.4, -0.2) is 30.0 Å². The second-order valence-corrected chi connectivity index (χ2v) is 5.55. The third kappa shape index (κ3) is 3.36. The van der Waals surface area contributed by atoms with E-state index in [1.54, 1.807) is 24.3 Å². The van der Waals surface area contributed by atoms with E-state index in [1.807, 2.05) is 24.4 Å². The number of carbonyl (C=O) groups excluding carboxylic acids is 1. The van der Waals surface area contributed by atoms with Gasteiger partial charge in [0.25, 0.3) is 5.91 Å². The molecule has 0 atom stereocenters. The second-order valence-electron chi connectivity index (χ2n) is 5.55. The molecule has 2 aromatic rings. The lowest BCUT2D eigenvalue weighted by molar-refractivity contribution is 0.0931. The normalized spacial score (nSPS) is 15.5. The molecule has 1 saturated heterocycles. The van der Waals surface area contributed by atoms with E-state index in [0.29, 0.717) is 11.3 Å². The SMILES string of the molecule is Nc1cccc(C(=O)NC2CCN(c3ccccn3)CC2)c1. The highest BCUT2D eigenvalue weighted by molar-refractivity contribution is 5.95. The van der Waals surface area contributed by atoms with E-state index >= 15 is 0 Å². The molecule has 5 nitrogen and oxygen atoms in total. The molecule has 3 N–H and O–H groups in total. The van der Waals surface area contributed by atoms with Gasteiger partial charge in [-0.3, -0.25) is 4.79 Å². The minimum absolute atomic E-state index is 0.0522. The van der Waals surface area contributed by atoms with Crippen LogP contribution in [0.15, 0.2) is 48.7 Å². The standard InChI is InChI=1S/C17H20N4O/c18-14-5-3-4-13(12-14)17(22)20-15-7-10-21(11-8-15)16-6-1-2-9-19-16/h1-6,9,12,15H,7-8,10-11,18H2,(H,20,22). The molecule has 22 heavy (non-hydrogen) atoms. The molecule has 1 aliphatic heterocycles. The Balaban J connectivity index is 1.55. The van der Waals surface area contributed by atoms with Crippen LogP contribution >= 0.6 is 0 Å². The van der Waals surface area contributed by atoms with Crippen molar-refractivity contribution in [2.75, 3.05) is 23.7 Å². The number of nitrogens with one attached hydrogen (secondary N) is 1. The number of anilines is 2. The number of pyridine rings is 1. The Bertz CT molecular complexity index is 636. The molecule has 1 aromatic heterocycles. The maximum Gasteiger partial charge on any atom is 0.251 e. The van der Waals surface area contributed by atoms with Crippen molar-refractivity contribution < 1.29 is 4.79 Å². The van der Waals surface area contributed by atoms with E-state index in [4.69, 9.17) is 5.73 Å². The number of piperidine rings is 1. The average molecular weight is 296 g/mol. The lowest BCUT2D eigenvalue weighted by Crippen LogP contribution is -2.44. The van der Waals surface area contributed by atoms with E-state index in [9.17, 15) is 4.79 Å². The fourth-order valence-corrected chi connectivity index (χ4v) is 2.74. The molecule has 1 fully saturated rings. The maximum absolute atomic E-state index is 12.2. The largest absolute Gasteiger partial charge is 0.399 e. The molecule has 1 aliphatic rings. The highest BCUT2D eigenvalue weighted by atomic mass is 16.1. The Hall–Kier alpha value is -2.56. The zero-order valence-electron chi connectivity index (χ0n) is 12.4. The van der Waals surface area contributed by atoms with Crippen molar-refractivity contribution in [2.45, 2.75) is 18.9 Å². The summed E-state index contributed by atoms with van der Waals surface area (Å²) in [5, 5.41) is 3.09. The maximum atomic E-state index is 12.2. The highest BCUT2D eigenvalue weighted by Crippen LogP contribution is 2.17. The van der Waals surface area contributed by atoms with Crippen LogP contribution in [0.25, 0.3) is 0 Å². The molecule has 1 amide bonds. The van der Waals surface area contributed by atoms with E-state index in [-0.39, 0.29) is 11.9 Å². The van der Waals surface area contributed by atoms with Crippen LogP contribution in [0.1, 0.15) is 23.2 Å². The van der Waals surface area contributed by atoms with Crippen molar-refractivity contribution in [3.05, 3.63) is 54.2 Å². The molecule has 3 rings (SSSR count). The van der Waals surface area contributed by atoms with Crippen LogP contribution < -0.4 is 16.0 Å². The van der Waals surface area contributed by atoms with Crippen molar-refractivity contribution in [3.8, 4) is 0 Å². The number of aromatic nitrogens is 1. The van der Waals surface area contributed by atoms with E-state index < -0.39 is 0 Å². The number of rotatable bonds is 3. The molecule has 0 saturated carbocycles. The number of amides is 1. The van der Waals surface area contributed by atoms with Crippen LogP contribution in [-0.2, 0) is 0 Å². The van der Waals surface area contributed by atoms with Gasteiger partial charge in [-0.25, -0.2) is 4.98 Å². The molecule has 0 radical (unpaired) electrons. The van der Waals surface area contributed by atoms with Gasteiger partial charge in [-0.15, -0.1) is 0 Å². The van der Waals surface area contributed by atoms with Gasteiger partial charge >= 0.3 is 0 Å². The summed E-state index contributed by atoms with van der Waals surface area (Å²) >= 11 is 0. The first kappa shape index (κ1) is 14.4. The van der Waals surface area contributed by atoms with Gasteiger partial charge < -0.3 is 16.0 Å². The first-order chi connectivity index (χ1) is 10.7. The van der Waals surface area contributed by atoms with Crippen LogP contribution in [0.5, 0.6) is 0 Å². The lowest BCUT2D eigenvalue weighted by atomic mass is 10.0. The van der Waals surface area contributed by atoms with Gasteiger partial charge in [-0.05, 0) is 43.2 Å². The number of nitrogens with zero attached hydrogens (tertiary/aromatic N) is 2. The van der Waals surface area contributed by atoms with Crippen molar-refractivity contribution in [3.63, 3.8) is 0 Å². The first-order valence-corrected chi connectivity index (χ1v) is 7.55. The zero-order valence-corrected chi connectivity index (χ0v) is 12.4. The summed E-state index contributed by atoms with van der Waals surface area (Å²) in [6, 6.07) is 13.2. The van der Waals surface area contributed by atoms with Crippen LogP contribution in [0.4, 0.5) is 11.5 Å². The third-order valence-electron chi connectivity index (χ3n) is 3.95. The van der Waals surface area contributed by atoms with E-state index in [1.165, 1.54) is 0 Å². The molecular formula is C17H20N4O. The number of benzene rings is 1. The van der Waals surface area contributed by atoms with Crippen molar-refractivity contribution >= 4 is 17.4 Å². The van der Waals surface area contributed by atoms with Crippen molar-refractivity contribution in [1.82, 2.24) is 10.3 Å². The number of nitrogen functional groups attached to an aromatic ring is 1. The molecule has 0 unspecified atom stereocenters. The predicted octanol–water partition coefficient (Wildman–Crippen LogP) is 2.06. The predicted molar refractivity (Wildman–Crippen MR) is 87.8 cm³/mol. The molecule has 5 heteroatoms. The number of carbonyl (C=O) groups is 1. The fraction of sp³-hybridized carbons (Fsp3) is 0.294. The van der Waals surface area contributed by atoms with Crippen LogP contribution in [0.2, 0.25) is 0 Å². The Kier molecular flexibility index (Phi) is 4.23. The molecule has 0 bridgehead atoms. The van der Waals surface area contributed by atoms with Gasteiger partial charge in [-0.2, -0.15) is 0 Å². The zero-order chi connectivity index (χ0) is 15.4. The Labute approximate surface area is 130 Å². The van der Waals surface area contributed by atoms with Gasteiger partial charge in [0.2, 0.25) is 0 Å². The summed E-state index contributed by atoms with van der Waals surface area (Å²) in [5.74, 6) is 0.951. The Morgan fingerprint density at radius 3 is 2.68 bits per heavy atom. The number of nitrogens with two attached hydrogens (primary N) is 1. The number of hydrogen-bond donors (Lipinski definition) is 2. The van der Waals surface area contributed by atoms with Gasteiger partial charge in [0.05, 0.1) is 0 Å². The van der Waals surface area contributed by atoms with E-state index in [2.05, 4.69) is 15.2 Å². The van der Waals surface area contributed by atoms with Gasteiger partial charge in [0.1, 0.15) is 5.82 Å². The average Bonchev–Trinajstić information content (AvgIpc) is 2.56. The minimum atomic E-state index is -0.0522. The summed E-state index contributed by atoms with van der Waals surface area (Å²) < 4.78 is 0. The monoisotopic (exact) mass is 296 g/mol. The van der Waals surface area contributed by atoms with E-state index in [0.717, 1.165) is 31.7 Å². The van der Waals surface area contributed by atoms with Crippen LogP contribution in [0, 0.1) is 0 Å². The molecule has 1 aromatic carbocycles. The smallest absolute Gasteiger partial charge is 0.251 e. The minimum Gasteiger partial charge on any atom is -0.399 e. The molecule has 0 spiro atoms. The molecule has 2 heterocycles. The van der Waals surface area contributed by atoms with Gasteiger partial charge in [-0.1, -0.05) is 12.1 Å². The molecule has 114 valence electrons. The van der Waals surface area contributed by atoms with Crippen molar-refractivity contribution in [1.29, 1.82) is 0 Å².